The molecule has 0 N–H and O–H groups in total. The van der Waals surface area contributed by atoms with Crippen molar-refractivity contribution in [3.05, 3.63) is 0 Å². The molecular weight excluding hydrogens is 136 g/mol. The third-order valence-corrected chi connectivity index (χ3v) is 3.24. The molecule has 1 heteroatoms. The number of hydrogen-bond acceptors (Lipinski definition) is 1. The highest BCUT2D eigenvalue weighted by Gasteiger charge is 2.27. The zero-order chi connectivity index (χ0) is 7.68. The van der Waals surface area contributed by atoms with Gasteiger partial charge in [-0.3, -0.25) is 4.79 Å². The van der Waals surface area contributed by atoms with Gasteiger partial charge in [0, 0.05) is 12.8 Å². The first kappa shape index (κ1) is 7.33. The number of fused-ring (bicyclic) bond motifs is 2. The van der Waals surface area contributed by atoms with Crippen LogP contribution in [-0.4, -0.2) is 5.78 Å². The maximum Gasteiger partial charge on any atom is 0.133 e. The van der Waals surface area contributed by atoms with Crippen LogP contribution in [0.2, 0.25) is 0 Å². The van der Waals surface area contributed by atoms with Crippen LogP contribution in [0.25, 0.3) is 0 Å². The zero-order valence-electron chi connectivity index (χ0n) is 7.01. The van der Waals surface area contributed by atoms with E-state index in [1.807, 2.05) is 0 Å². The van der Waals surface area contributed by atoms with Gasteiger partial charge in [-0.1, -0.05) is 19.3 Å². The minimum absolute atomic E-state index is 0.527. The third kappa shape index (κ3) is 1.63. The Bertz CT molecular complexity index is 162. The topological polar surface area (TPSA) is 17.1 Å². The molecule has 0 saturated heterocycles. The Hall–Kier alpha value is -0.330. The van der Waals surface area contributed by atoms with Crippen LogP contribution in [0.3, 0.4) is 0 Å². The van der Waals surface area contributed by atoms with Crippen LogP contribution in [0.5, 0.6) is 0 Å². The maximum absolute atomic E-state index is 11.2. The van der Waals surface area contributed by atoms with E-state index in [1.54, 1.807) is 0 Å². The Morgan fingerprint density at radius 3 is 2.82 bits per heavy atom. The predicted molar refractivity (Wildman–Crippen MR) is 44.3 cm³/mol. The highest BCUT2D eigenvalue weighted by atomic mass is 16.1. The molecule has 0 aromatic carbocycles. The van der Waals surface area contributed by atoms with Crippen molar-refractivity contribution in [3.8, 4) is 0 Å². The van der Waals surface area contributed by atoms with E-state index >= 15 is 0 Å². The standard InChI is InChI=1S/C10H16O/c11-10-5-4-8-2-1-3-9(6-8)7-10/h8-9H,1-7H2. The Morgan fingerprint density at radius 2 is 1.91 bits per heavy atom. The van der Waals surface area contributed by atoms with Gasteiger partial charge < -0.3 is 0 Å². The Balaban J connectivity index is 2.04. The second-order valence-electron chi connectivity index (χ2n) is 4.18. The molecule has 62 valence electrons. The van der Waals surface area contributed by atoms with Crippen LogP contribution in [0.1, 0.15) is 44.9 Å². The fraction of sp³-hybridized carbons (Fsp3) is 0.900. The van der Waals surface area contributed by atoms with Crippen molar-refractivity contribution in [2.75, 3.05) is 0 Å². The molecule has 2 aliphatic carbocycles. The van der Waals surface area contributed by atoms with E-state index in [-0.39, 0.29) is 0 Å². The van der Waals surface area contributed by atoms with E-state index in [9.17, 15) is 4.79 Å². The molecule has 0 aliphatic heterocycles. The average Bonchev–Trinajstić information content (AvgIpc) is 2.12. The summed E-state index contributed by atoms with van der Waals surface area (Å²) in [6.07, 6.45) is 8.41. The average molecular weight is 152 g/mol. The van der Waals surface area contributed by atoms with E-state index < -0.39 is 0 Å². The SMILES string of the molecule is O=C1CCC2CCCC(C1)C2. The summed E-state index contributed by atoms with van der Waals surface area (Å²) in [6.45, 7) is 0. The number of Topliss-reactive ketones (excluding diaryl/α,β-unsaturated/α-hetero) is 1. The number of ketones is 1. The van der Waals surface area contributed by atoms with Gasteiger partial charge in [0.2, 0.25) is 0 Å². The summed E-state index contributed by atoms with van der Waals surface area (Å²) in [6, 6.07) is 0. The molecular formula is C10H16O. The summed E-state index contributed by atoms with van der Waals surface area (Å²) >= 11 is 0. The Labute approximate surface area is 68.2 Å². The van der Waals surface area contributed by atoms with E-state index in [4.69, 9.17) is 0 Å². The van der Waals surface area contributed by atoms with E-state index in [2.05, 4.69) is 0 Å². The van der Waals surface area contributed by atoms with Crippen molar-refractivity contribution >= 4 is 5.78 Å². The van der Waals surface area contributed by atoms with Crippen molar-refractivity contribution in [2.24, 2.45) is 11.8 Å². The molecule has 0 heterocycles. The van der Waals surface area contributed by atoms with Gasteiger partial charge in [0.25, 0.3) is 0 Å². The van der Waals surface area contributed by atoms with Crippen LogP contribution < -0.4 is 0 Å². The highest BCUT2D eigenvalue weighted by Crippen LogP contribution is 2.36. The zero-order valence-corrected chi connectivity index (χ0v) is 7.01. The molecule has 1 nitrogen and oxygen atoms in total. The monoisotopic (exact) mass is 152 g/mol. The highest BCUT2D eigenvalue weighted by molar-refractivity contribution is 5.78. The van der Waals surface area contributed by atoms with E-state index in [0.717, 1.165) is 24.7 Å². The third-order valence-electron chi connectivity index (χ3n) is 3.24. The van der Waals surface area contributed by atoms with Gasteiger partial charge in [0.15, 0.2) is 0 Å². The molecule has 0 spiro atoms. The smallest absolute Gasteiger partial charge is 0.133 e. The molecule has 2 fully saturated rings. The van der Waals surface area contributed by atoms with E-state index in [0.29, 0.717) is 5.78 Å². The molecule has 2 aliphatic rings. The molecule has 0 amide bonds. The van der Waals surface area contributed by atoms with E-state index in [1.165, 1.54) is 32.1 Å². The molecule has 2 rings (SSSR count). The summed E-state index contributed by atoms with van der Waals surface area (Å²) in [4.78, 5) is 11.2. The lowest BCUT2D eigenvalue weighted by Crippen LogP contribution is -2.13. The number of hydrogen-bond donors (Lipinski definition) is 0. The van der Waals surface area contributed by atoms with Crippen molar-refractivity contribution in [1.29, 1.82) is 0 Å². The van der Waals surface area contributed by atoms with Crippen LogP contribution in [-0.2, 0) is 4.79 Å². The maximum atomic E-state index is 11.2. The van der Waals surface area contributed by atoms with Crippen LogP contribution in [0, 0.1) is 11.8 Å². The number of carbonyl (C=O) groups is 1. The fourth-order valence-electron chi connectivity index (χ4n) is 2.64. The molecule has 2 bridgehead atoms. The van der Waals surface area contributed by atoms with Gasteiger partial charge >= 0.3 is 0 Å². The lowest BCUT2D eigenvalue weighted by Gasteiger charge is -2.25. The summed E-state index contributed by atoms with van der Waals surface area (Å²) in [5, 5.41) is 0. The van der Waals surface area contributed by atoms with Crippen molar-refractivity contribution in [2.45, 2.75) is 44.9 Å². The normalized spacial score (nSPS) is 38.4. The minimum Gasteiger partial charge on any atom is -0.300 e. The largest absolute Gasteiger partial charge is 0.300 e. The molecule has 0 radical (unpaired) electrons. The summed E-state index contributed by atoms with van der Waals surface area (Å²) in [5.41, 5.74) is 0. The lowest BCUT2D eigenvalue weighted by atomic mass is 9.81. The summed E-state index contributed by atoms with van der Waals surface area (Å²) in [7, 11) is 0. The first-order valence-corrected chi connectivity index (χ1v) is 4.86. The second kappa shape index (κ2) is 2.96. The first-order chi connectivity index (χ1) is 5.34. The minimum atomic E-state index is 0.527. The number of rotatable bonds is 0. The van der Waals surface area contributed by atoms with Gasteiger partial charge in [-0.15, -0.1) is 0 Å². The number of carbonyl (C=O) groups excluding carboxylic acids is 1. The quantitative estimate of drug-likeness (QED) is 0.521. The summed E-state index contributed by atoms with van der Waals surface area (Å²) in [5.74, 6) is 2.20. The van der Waals surface area contributed by atoms with Gasteiger partial charge in [-0.05, 0) is 24.7 Å². The molecule has 2 saturated carbocycles. The van der Waals surface area contributed by atoms with Crippen molar-refractivity contribution in [3.63, 3.8) is 0 Å². The predicted octanol–water partition coefficient (Wildman–Crippen LogP) is 2.55. The molecule has 11 heavy (non-hydrogen) atoms. The van der Waals surface area contributed by atoms with Crippen molar-refractivity contribution < 1.29 is 4.79 Å². The first-order valence-electron chi connectivity index (χ1n) is 4.86. The fourth-order valence-corrected chi connectivity index (χ4v) is 2.64. The lowest BCUT2D eigenvalue weighted by molar-refractivity contribution is -0.119. The van der Waals surface area contributed by atoms with Crippen molar-refractivity contribution in [1.82, 2.24) is 0 Å². The molecule has 2 unspecified atom stereocenters. The van der Waals surface area contributed by atoms with Gasteiger partial charge in [-0.25, -0.2) is 0 Å². The van der Waals surface area contributed by atoms with Gasteiger partial charge in [-0.2, -0.15) is 0 Å². The van der Waals surface area contributed by atoms with Crippen LogP contribution in [0.4, 0.5) is 0 Å². The second-order valence-corrected chi connectivity index (χ2v) is 4.18. The van der Waals surface area contributed by atoms with Crippen LogP contribution >= 0.6 is 0 Å². The molecule has 0 aromatic rings. The summed E-state index contributed by atoms with van der Waals surface area (Å²) < 4.78 is 0. The van der Waals surface area contributed by atoms with Gasteiger partial charge in [0.1, 0.15) is 5.78 Å². The Kier molecular flexibility index (Phi) is 1.97. The Morgan fingerprint density at radius 1 is 1.09 bits per heavy atom. The molecule has 2 atom stereocenters. The molecule has 0 aromatic heterocycles. The van der Waals surface area contributed by atoms with Crippen LogP contribution in [0.15, 0.2) is 0 Å². The van der Waals surface area contributed by atoms with Gasteiger partial charge in [0.05, 0.1) is 0 Å².